The van der Waals surface area contributed by atoms with E-state index in [2.05, 4.69) is 13.8 Å². The fourth-order valence-corrected chi connectivity index (χ4v) is 4.49. The Kier molecular flexibility index (Phi) is 3.58. The lowest BCUT2D eigenvalue weighted by Crippen LogP contribution is -2.27. The van der Waals surface area contributed by atoms with Gasteiger partial charge in [0.1, 0.15) is 6.10 Å². The monoisotopic (exact) mass is 346 g/mol. The predicted molar refractivity (Wildman–Crippen MR) is 86.8 cm³/mol. The van der Waals surface area contributed by atoms with Crippen LogP contribution in [0.25, 0.3) is 0 Å². The molecule has 2 aliphatic carbocycles. The molecule has 0 amide bonds. The number of hydrogen-bond acceptors (Lipinski definition) is 6. The molecule has 0 aromatic rings. The topological polar surface area (TPSA) is 82.1 Å². The van der Waals surface area contributed by atoms with Crippen LogP contribution in [0.1, 0.15) is 40.0 Å². The van der Waals surface area contributed by atoms with E-state index in [1.807, 2.05) is 0 Å². The van der Waals surface area contributed by atoms with Gasteiger partial charge in [-0.05, 0) is 42.7 Å². The quantitative estimate of drug-likeness (QED) is 0.357. The Morgan fingerprint density at radius 3 is 2.72 bits per heavy atom. The van der Waals surface area contributed by atoms with Crippen LogP contribution in [0.5, 0.6) is 0 Å². The van der Waals surface area contributed by atoms with Crippen molar-refractivity contribution in [3.05, 3.63) is 34.6 Å². The van der Waals surface area contributed by atoms with Gasteiger partial charge in [0.2, 0.25) is 0 Å². The largest absolute Gasteiger partial charge is 0.458 e. The third kappa shape index (κ3) is 2.42. The maximum absolute atomic E-state index is 12.3. The van der Waals surface area contributed by atoms with E-state index in [0.717, 1.165) is 30.4 Å². The number of fused-ring (bicyclic) bond motifs is 2. The fourth-order valence-electron chi connectivity index (χ4n) is 4.49. The first-order chi connectivity index (χ1) is 11.8. The highest BCUT2D eigenvalue weighted by atomic mass is 16.7. The van der Waals surface area contributed by atoms with Crippen LogP contribution < -0.4 is 0 Å². The van der Waals surface area contributed by atoms with Crippen molar-refractivity contribution in [1.82, 2.24) is 0 Å². The van der Waals surface area contributed by atoms with E-state index < -0.39 is 36.4 Å². The van der Waals surface area contributed by atoms with Crippen LogP contribution in [-0.4, -0.2) is 35.5 Å². The number of carbonyl (C=O) groups is 2. The first-order valence-electron chi connectivity index (χ1n) is 8.67. The van der Waals surface area contributed by atoms with Crippen LogP contribution in [0.15, 0.2) is 34.6 Å². The lowest BCUT2D eigenvalue weighted by molar-refractivity contribution is -0.152. The van der Waals surface area contributed by atoms with Crippen molar-refractivity contribution < 1.29 is 28.9 Å². The molecule has 6 nitrogen and oxygen atoms in total. The second-order valence-electron chi connectivity index (χ2n) is 7.81. The summed E-state index contributed by atoms with van der Waals surface area (Å²) in [5.41, 5.74) is 2.75. The molecule has 1 fully saturated rings. The summed E-state index contributed by atoms with van der Waals surface area (Å²) >= 11 is 0. The molecular weight excluding hydrogens is 324 g/mol. The molecule has 0 aromatic heterocycles. The Hall–Kier alpha value is -2.08. The number of rotatable bonds is 2. The number of esters is 2. The van der Waals surface area contributed by atoms with Crippen molar-refractivity contribution in [3.63, 3.8) is 0 Å². The zero-order valence-corrected chi connectivity index (χ0v) is 14.6. The zero-order chi connectivity index (χ0) is 17.9. The van der Waals surface area contributed by atoms with E-state index in [1.54, 1.807) is 13.0 Å². The summed E-state index contributed by atoms with van der Waals surface area (Å²) in [4.78, 5) is 23.7. The molecule has 4 atom stereocenters. The van der Waals surface area contributed by atoms with Gasteiger partial charge in [0.05, 0.1) is 23.9 Å². The second-order valence-corrected chi connectivity index (χ2v) is 7.81. The lowest BCUT2D eigenvalue weighted by Gasteiger charge is -2.34. The Morgan fingerprint density at radius 1 is 1.28 bits per heavy atom. The average molecular weight is 346 g/mol. The minimum atomic E-state index is -0.843. The normalized spacial score (nSPS) is 37.6. The van der Waals surface area contributed by atoms with Crippen molar-refractivity contribution in [3.8, 4) is 0 Å². The van der Waals surface area contributed by atoms with E-state index in [1.165, 1.54) is 6.26 Å². The van der Waals surface area contributed by atoms with Gasteiger partial charge in [-0.1, -0.05) is 13.8 Å². The van der Waals surface area contributed by atoms with Crippen LogP contribution in [0.2, 0.25) is 0 Å². The molecule has 6 heteroatoms. The van der Waals surface area contributed by atoms with E-state index >= 15 is 0 Å². The standard InChI is InChI=1S/C19H22O6/c1-9-7-12(24-17(9)21)23-8-11-13-15(20)10-5-4-6-19(2,3)14(10)16(13)25-18(11)22/h7-8,12-13,15-16,20H,4-6H2,1-3H3/b11-8+/t12-,13-,15-,16+/m0/s1. The van der Waals surface area contributed by atoms with E-state index in [4.69, 9.17) is 14.2 Å². The van der Waals surface area contributed by atoms with Crippen LogP contribution in [0.4, 0.5) is 0 Å². The van der Waals surface area contributed by atoms with E-state index in [-0.39, 0.29) is 5.41 Å². The molecule has 0 spiro atoms. The van der Waals surface area contributed by atoms with Gasteiger partial charge in [-0.25, -0.2) is 9.59 Å². The highest BCUT2D eigenvalue weighted by Gasteiger charge is 2.56. The van der Waals surface area contributed by atoms with E-state index in [9.17, 15) is 14.7 Å². The van der Waals surface area contributed by atoms with E-state index in [0.29, 0.717) is 11.1 Å². The van der Waals surface area contributed by atoms with Crippen molar-refractivity contribution >= 4 is 11.9 Å². The molecule has 134 valence electrons. The molecule has 0 bridgehead atoms. The lowest BCUT2D eigenvalue weighted by atomic mass is 9.72. The van der Waals surface area contributed by atoms with Crippen LogP contribution in [0, 0.1) is 11.3 Å². The van der Waals surface area contributed by atoms with Gasteiger partial charge in [-0.3, -0.25) is 0 Å². The molecule has 4 rings (SSSR count). The Labute approximate surface area is 146 Å². The minimum absolute atomic E-state index is 0.0919. The summed E-state index contributed by atoms with van der Waals surface area (Å²) < 4.78 is 16.1. The van der Waals surface area contributed by atoms with Crippen molar-refractivity contribution in [2.24, 2.45) is 11.3 Å². The molecule has 1 N–H and O–H groups in total. The van der Waals surface area contributed by atoms with Crippen molar-refractivity contribution in [2.75, 3.05) is 0 Å². The summed E-state index contributed by atoms with van der Waals surface area (Å²) in [6.45, 7) is 5.90. The Balaban J connectivity index is 1.60. The summed E-state index contributed by atoms with van der Waals surface area (Å²) in [5, 5.41) is 10.8. The van der Waals surface area contributed by atoms with Crippen molar-refractivity contribution in [2.45, 2.75) is 58.5 Å². The molecule has 0 aromatic carbocycles. The molecule has 25 heavy (non-hydrogen) atoms. The molecule has 0 radical (unpaired) electrons. The van der Waals surface area contributed by atoms with Crippen LogP contribution in [-0.2, 0) is 23.8 Å². The number of ether oxygens (including phenoxy) is 3. The van der Waals surface area contributed by atoms with Gasteiger partial charge < -0.3 is 19.3 Å². The minimum Gasteiger partial charge on any atom is -0.458 e. The highest BCUT2D eigenvalue weighted by Crippen LogP contribution is 2.54. The van der Waals surface area contributed by atoms with Gasteiger partial charge in [-0.15, -0.1) is 0 Å². The Morgan fingerprint density at radius 2 is 2.04 bits per heavy atom. The third-order valence-corrected chi connectivity index (χ3v) is 5.72. The Bertz CT molecular complexity index is 741. The van der Waals surface area contributed by atoms with Gasteiger partial charge >= 0.3 is 11.9 Å². The molecule has 0 unspecified atom stereocenters. The van der Waals surface area contributed by atoms with Gasteiger partial charge in [0, 0.05) is 11.6 Å². The molecule has 4 aliphatic rings. The fraction of sp³-hybridized carbons (Fsp3) is 0.579. The highest BCUT2D eigenvalue weighted by molar-refractivity contribution is 5.93. The molecule has 2 heterocycles. The van der Waals surface area contributed by atoms with Crippen LogP contribution >= 0.6 is 0 Å². The summed E-state index contributed by atoms with van der Waals surface area (Å²) in [5.74, 6) is -1.36. The first-order valence-corrected chi connectivity index (χ1v) is 8.67. The molecule has 2 aliphatic heterocycles. The summed E-state index contributed by atoms with van der Waals surface area (Å²) in [6, 6.07) is 0. The number of carbonyl (C=O) groups excluding carboxylic acids is 2. The molecule has 0 saturated carbocycles. The zero-order valence-electron chi connectivity index (χ0n) is 14.6. The van der Waals surface area contributed by atoms with Crippen molar-refractivity contribution in [1.29, 1.82) is 0 Å². The summed E-state index contributed by atoms with van der Waals surface area (Å²) in [6.07, 6.45) is 3.70. The van der Waals surface area contributed by atoms with Gasteiger partial charge in [-0.2, -0.15) is 0 Å². The van der Waals surface area contributed by atoms with Gasteiger partial charge in [0.25, 0.3) is 6.29 Å². The van der Waals surface area contributed by atoms with Gasteiger partial charge in [0.15, 0.2) is 0 Å². The maximum Gasteiger partial charge on any atom is 0.338 e. The number of aliphatic hydroxyl groups is 1. The maximum atomic E-state index is 12.3. The molecule has 1 saturated heterocycles. The van der Waals surface area contributed by atoms with Crippen LogP contribution in [0.3, 0.4) is 0 Å². The first kappa shape index (κ1) is 16.4. The SMILES string of the molecule is CC1=C[C@@H](O/C=C2/C(=O)O[C@H]3C4=C(CCCC4(C)C)[C@H](O)[C@H]23)OC1=O. The molecular formula is C19H22O6. The number of aliphatic hydroxyl groups excluding tert-OH is 1. The summed E-state index contributed by atoms with van der Waals surface area (Å²) in [7, 11) is 0. The second kappa shape index (κ2) is 5.46. The predicted octanol–water partition coefficient (Wildman–Crippen LogP) is 2.14. The average Bonchev–Trinajstić information content (AvgIpc) is 3.11. The third-order valence-electron chi connectivity index (χ3n) is 5.72. The number of cyclic esters (lactones) is 1. The number of hydrogen-bond donors (Lipinski definition) is 1. The smallest absolute Gasteiger partial charge is 0.338 e.